The van der Waals surface area contributed by atoms with Crippen LogP contribution in [0.15, 0.2) is 0 Å². The Bertz CT molecular complexity index is 97.0. The van der Waals surface area contributed by atoms with Crippen LogP contribution >= 0.6 is 0 Å². The summed E-state index contributed by atoms with van der Waals surface area (Å²) in [4.78, 5) is 10.0. The van der Waals surface area contributed by atoms with Crippen LogP contribution < -0.4 is 5.54 Å². The van der Waals surface area contributed by atoms with Gasteiger partial charge in [0.25, 0.3) is 0 Å². The molecule has 2 N–H and O–H groups in total. The fourth-order valence-corrected chi connectivity index (χ4v) is 0.513. The SMILES string of the molecule is CCC[C@H](NF)C(=O)O. The molecule has 0 bridgehead atoms. The van der Waals surface area contributed by atoms with Gasteiger partial charge in [-0.15, -0.1) is 10.0 Å². The molecule has 0 aliphatic carbocycles. The van der Waals surface area contributed by atoms with Crippen molar-refractivity contribution in [1.29, 1.82) is 0 Å². The Morgan fingerprint density at radius 3 is 2.56 bits per heavy atom. The summed E-state index contributed by atoms with van der Waals surface area (Å²) >= 11 is 0. The average Bonchev–Trinajstić information content (AvgIpc) is 1.82. The minimum atomic E-state index is -1.14. The van der Waals surface area contributed by atoms with Crippen molar-refractivity contribution in [3.63, 3.8) is 0 Å². The number of nitrogens with one attached hydrogen (secondary N) is 1. The number of hydrogen-bond acceptors (Lipinski definition) is 2. The molecular weight excluding hydrogens is 125 g/mol. The third-order valence-electron chi connectivity index (χ3n) is 1.01. The number of carboxylic acids is 1. The molecule has 0 unspecified atom stereocenters. The van der Waals surface area contributed by atoms with Crippen LogP contribution in [0.5, 0.6) is 0 Å². The smallest absolute Gasteiger partial charge is 0.323 e. The number of halogens is 1. The number of aliphatic carboxylic acids is 1. The van der Waals surface area contributed by atoms with Crippen LogP contribution in [0.2, 0.25) is 0 Å². The first-order valence-electron chi connectivity index (χ1n) is 2.81. The lowest BCUT2D eigenvalue weighted by molar-refractivity contribution is -0.141. The van der Waals surface area contributed by atoms with Crippen molar-refractivity contribution in [3.8, 4) is 0 Å². The summed E-state index contributed by atoms with van der Waals surface area (Å²) in [6.45, 7) is 1.80. The predicted octanol–water partition coefficient (Wildman–Crippen LogP) is 0.714. The summed E-state index contributed by atoms with van der Waals surface area (Å²) in [7, 11) is 0. The van der Waals surface area contributed by atoms with E-state index >= 15 is 0 Å². The van der Waals surface area contributed by atoms with Gasteiger partial charge in [0.05, 0.1) is 0 Å². The highest BCUT2D eigenvalue weighted by Gasteiger charge is 2.14. The van der Waals surface area contributed by atoms with Crippen molar-refractivity contribution in [2.75, 3.05) is 0 Å². The van der Waals surface area contributed by atoms with Crippen LogP contribution in [0.25, 0.3) is 0 Å². The fraction of sp³-hybridized carbons (Fsp3) is 0.800. The van der Waals surface area contributed by atoms with E-state index in [9.17, 15) is 9.28 Å². The second kappa shape index (κ2) is 4.26. The van der Waals surface area contributed by atoms with E-state index in [1.54, 1.807) is 6.92 Å². The summed E-state index contributed by atoms with van der Waals surface area (Å²) in [5.41, 5.74) is 1.20. The molecule has 4 heteroatoms. The summed E-state index contributed by atoms with van der Waals surface area (Å²) in [6.07, 6.45) is 0.986. The summed E-state index contributed by atoms with van der Waals surface area (Å²) in [5, 5.41) is 8.20. The molecule has 0 spiro atoms. The van der Waals surface area contributed by atoms with Crippen molar-refractivity contribution >= 4 is 5.97 Å². The highest BCUT2D eigenvalue weighted by atomic mass is 19.2. The van der Waals surface area contributed by atoms with Crippen LogP contribution in [0.1, 0.15) is 19.8 Å². The Balaban J connectivity index is 3.54. The molecule has 0 rings (SSSR count). The molecule has 0 heterocycles. The van der Waals surface area contributed by atoms with Gasteiger partial charge in [0.2, 0.25) is 0 Å². The summed E-state index contributed by atoms with van der Waals surface area (Å²) in [6, 6.07) is -1.03. The van der Waals surface area contributed by atoms with Gasteiger partial charge in [-0.1, -0.05) is 13.3 Å². The van der Waals surface area contributed by atoms with E-state index in [2.05, 4.69) is 0 Å². The molecule has 9 heavy (non-hydrogen) atoms. The lowest BCUT2D eigenvalue weighted by Gasteiger charge is -2.04. The second-order valence-electron chi connectivity index (χ2n) is 1.79. The fourth-order valence-electron chi connectivity index (χ4n) is 0.513. The lowest BCUT2D eigenvalue weighted by atomic mass is 10.2. The standard InChI is InChI=1S/C5H10FNO2/c1-2-3-4(7-6)5(8)9/h4,7H,2-3H2,1H3,(H,8,9)/t4-/m0/s1. The molecular formula is C5H10FNO2. The summed E-state index contributed by atoms with van der Waals surface area (Å²) < 4.78 is 11.5. The van der Waals surface area contributed by atoms with Gasteiger partial charge in [-0.05, 0) is 6.42 Å². The number of hydrogen-bond donors (Lipinski definition) is 2. The minimum Gasteiger partial charge on any atom is -0.480 e. The quantitative estimate of drug-likeness (QED) is 0.558. The van der Waals surface area contributed by atoms with Gasteiger partial charge < -0.3 is 5.11 Å². The first kappa shape index (κ1) is 8.36. The molecule has 0 radical (unpaired) electrons. The van der Waals surface area contributed by atoms with E-state index in [0.29, 0.717) is 12.8 Å². The van der Waals surface area contributed by atoms with Gasteiger partial charge in [0, 0.05) is 0 Å². The second-order valence-corrected chi connectivity index (χ2v) is 1.79. The van der Waals surface area contributed by atoms with Gasteiger partial charge in [-0.3, -0.25) is 4.79 Å². The van der Waals surface area contributed by atoms with E-state index in [0.717, 1.165) is 0 Å². The molecule has 0 aliphatic heterocycles. The number of carboxylic acid groups (broad SMARTS) is 1. The molecule has 0 aromatic heterocycles. The lowest BCUT2D eigenvalue weighted by Crippen LogP contribution is -2.30. The number of carbonyl (C=O) groups is 1. The first-order chi connectivity index (χ1) is 4.22. The normalized spacial score (nSPS) is 13.1. The number of rotatable bonds is 4. The van der Waals surface area contributed by atoms with Crippen molar-refractivity contribution < 1.29 is 14.4 Å². The predicted molar refractivity (Wildman–Crippen MR) is 30.6 cm³/mol. The zero-order valence-electron chi connectivity index (χ0n) is 5.22. The summed E-state index contributed by atoms with van der Waals surface area (Å²) in [5.74, 6) is -1.14. The minimum absolute atomic E-state index is 0.325. The zero-order valence-corrected chi connectivity index (χ0v) is 5.22. The van der Waals surface area contributed by atoms with Crippen molar-refractivity contribution in [2.45, 2.75) is 25.8 Å². The topological polar surface area (TPSA) is 49.3 Å². The van der Waals surface area contributed by atoms with Gasteiger partial charge in [0.1, 0.15) is 6.04 Å². The van der Waals surface area contributed by atoms with Crippen LogP contribution in [-0.4, -0.2) is 17.1 Å². The third-order valence-corrected chi connectivity index (χ3v) is 1.01. The van der Waals surface area contributed by atoms with Gasteiger partial charge in [0.15, 0.2) is 0 Å². The molecule has 0 aromatic carbocycles. The first-order valence-corrected chi connectivity index (χ1v) is 2.81. The maximum Gasteiger partial charge on any atom is 0.323 e. The Morgan fingerprint density at radius 2 is 2.44 bits per heavy atom. The largest absolute Gasteiger partial charge is 0.480 e. The highest BCUT2D eigenvalue weighted by molar-refractivity contribution is 5.73. The maximum absolute atomic E-state index is 11.5. The van der Waals surface area contributed by atoms with E-state index in [1.165, 1.54) is 5.54 Å². The Kier molecular flexibility index (Phi) is 3.96. The van der Waals surface area contributed by atoms with Crippen LogP contribution in [0.3, 0.4) is 0 Å². The molecule has 0 aliphatic rings. The average molecular weight is 135 g/mol. The molecule has 0 saturated carbocycles. The van der Waals surface area contributed by atoms with Gasteiger partial charge in [-0.2, -0.15) is 0 Å². The molecule has 0 aromatic rings. The molecule has 0 fully saturated rings. The van der Waals surface area contributed by atoms with Gasteiger partial charge in [-0.25, -0.2) is 0 Å². The Hall–Kier alpha value is -0.640. The van der Waals surface area contributed by atoms with Crippen LogP contribution in [0.4, 0.5) is 4.48 Å². The van der Waals surface area contributed by atoms with Crippen LogP contribution in [0, 0.1) is 0 Å². The Morgan fingerprint density at radius 1 is 1.89 bits per heavy atom. The zero-order chi connectivity index (χ0) is 7.28. The monoisotopic (exact) mass is 135 g/mol. The molecule has 54 valence electrons. The maximum atomic E-state index is 11.5. The van der Waals surface area contributed by atoms with E-state index < -0.39 is 12.0 Å². The molecule has 0 saturated heterocycles. The Labute approximate surface area is 52.8 Å². The van der Waals surface area contributed by atoms with Crippen molar-refractivity contribution in [3.05, 3.63) is 0 Å². The van der Waals surface area contributed by atoms with Crippen molar-refractivity contribution in [1.82, 2.24) is 5.54 Å². The third kappa shape index (κ3) is 3.03. The van der Waals surface area contributed by atoms with E-state index in [1.807, 2.05) is 0 Å². The van der Waals surface area contributed by atoms with Gasteiger partial charge >= 0.3 is 5.97 Å². The van der Waals surface area contributed by atoms with E-state index in [4.69, 9.17) is 5.11 Å². The van der Waals surface area contributed by atoms with Crippen molar-refractivity contribution in [2.24, 2.45) is 0 Å². The van der Waals surface area contributed by atoms with E-state index in [-0.39, 0.29) is 0 Å². The molecule has 1 atom stereocenters. The highest BCUT2D eigenvalue weighted by Crippen LogP contribution is 1.95. The van der Waals surface area contributed by atoms with Crippen LogP contribution in [-0.2, 0) is 4.79 Å². The molecule has 3 nitrogen and oxygen atoms in total. The molecule has 0 amide bonds.